The molecule has 6 heteroatoms. The molecule has 0 N–H and O–H groups in total. The van der Waals surface area contributed by atoms with Crippen molar-refractivity contribution in [2.24, 2.45) is 0 Å². The summed E-state index contributed by atoms with van der Waals surface area (Å²) in [4.78, 5) is 2.29. The minimum absolute atomic E-state index is 0.0105. The molecule has 0 saturated carbocycles. The van der Waals surface area contributed by atoms with Crippen molar-refractivity contribution in [1.29, 1.82) is 0 Å². The van der Waals surface area contributed by atoms with Crippen molar-refractivity contribution in [2.75, 3.05) is 13.1 Å². The predicted octanol–water partition coefficient (Wildman–Crippen LogP) is 4.46. The Morgan fingerprint density at radius 2 is 1.88 bits per heavy atom. The van der Waals surface area contributed by atoms with Crippen molar-refractivity contribution >= 4 is 5.57 Å². The van der Waals surface area contributed by atoms with Gasteiger partial charge >= 0.3 is 0 Å². The van der Waals surface area contributed by atoms with Crippen molar-refractivity contribution in [3.63, 3.8) is 0 Å². The van der Waals surface area contributed by atoms with Gasteiger partial charge in [-0.05, 0) is 44.4 Å². The average molecular weight is 347 g/mol. The van der Waals surface area contributed by atoms with Gasteiger partial charge in [-0.15, -0.1) is 10.2 Å². The van der Waals surface area contributed by atoms with Crippen molar-refractivity contribution < 1.29 is 13.2 Å². The van der Waals surface area contributed by atoms with Gasteiger partial charge in [0.15, 0.2) is 0 Å². The van der Waals surface area contributed by atoms with Crippen molar-refractivity contribution in [2.45, 2.75) is 46.1 Å². The normalized spacial score (nSPS) is 15.7. The molecule has 4 nitrogen and oxygen atoms in total. The lowest BCUT2D eigenvalue weighted by Crippen LogP contribution is -2.34. The monoisotopic (exact) mass is 347 g/mol. The van der Waals surface area contributed by atoms with E-state index in [2.05, 4.69) is 28.9 Å². The van der Waals surface area contributed by atoms with Crippen molar-refractivity contribution in [3.8, 4) is 11.5 Å². The van der Waals surface area contributed by atoms with E-state index in [0.717, 1.165) is 31.1 Å². The second kappa shape index (κ2) is 7.44. The molecule has 2 aromatic rings. The summed E-state index contributed by atoms with van der Waals surface area (Å²) in [6, 6.07) is 2.84. The summed E-state index contributed by atoms with van der Waals surface area (Å²) < 4.78 is 34.6. The molecule has 0 unspecified atom stereocenters. The third-order valence-corrected chi connectivity index (χ3v) is 4.53. The Bertz CT molecular complexity index is 783. The van der Waals surface area contributed by atoms with E-state index in [1.54, 1.807) is 0 Å². The largest absolute Gasteiger partial charge is 0.421 e. The standard InChI is InChI=1S/C19H23F2N3O/c1-4-5-18-22-23-19(25-18)15-11-16(20)14(10-17(15)21)13-6-8-24(9-7-13)12(2)3/h6,10-12H,4-5,7-9H2,1-3H3. The van der Waals surface area contributed by atoms with Gasteiger partial charge in [0, 0.05) is 31.1 Å². The van der Waals surface area contributed by atoms with Gasteiger partial charge in [-0.2, -0.15) is 0 Å². The molecule has 1 aromatic carbocycles. The van der Waals surface area contributed by atoms with Crippen molar-refractivity contribution in [3.05, 3.63) is 41.3 Å². The first-order chi connectivity index (χ1) is 12.0. The molecule has 0 spiro atoms. The number of hydrogen-bond donors (Lipinski definition) is 0. The van der Waals surface area contributed by atoms with Gasteiger partial charge in [0.05, 0.1) is 5.56 Å². The maximum Gasteiger partial charge on any atom is 0.250 e. The Balaban J connectivity index is 1.88. The van der Waals surface area contributed by atoms with Crippen LogP contribution in [0.25, 0.3) is 17.0 Å². The molecular weight excluding hydrogens is 324 g/mol. The van der Waals surface area contributed by atoms with E-state index >= 15 is 0 Å². The highest BCUT2D eigenvalue weighted by Gasteiger charge is 2.21. The highest BCUT2D eigenvalue weighted by molar-refractivity contribution is 5.70. The summed E-state index contributed by atoms with van der Waals surface area (Å²) in [5, 5.41) is 7.70. The van der Waals surface area contributed by atoms with Crippen LogP contribution in [-0.4, -0.2) is 34.2 Å². The quantitative estimate of drug-likeness (QED) is 0.800. The molecule has 0 fully saturated rings. The Morgan fingerprint density at radius 1 is 1.16 bits per heavy atom. The molecule has 25 heavy (non-hydrogen) atoms. The van der Waals surface area contributed by atoms with Crippen LogP contribution in [0.3, 0.4) is 0 Å². The lowest BCUT2D eigenvalue weighted by Gasteiger charge is -2.29. The van der Waals surface area contributed by atoms with E-state index in [0.29, 0.717) is 30.3 Å². The van der Waals surface area contributed by atoms with Gasteiger partial charge in [0.25, 0.3) is 5.89 Å². The van der Waals surface area contributed by atoms with Gasteiger partial charge in [0.1, 0.15) is 11.6 Å². The van der Waals surface area contributed by atoms with Crippen LogP contribution in [-0.2, 0) is 6.42 Å². The zero-order valence-corrected chi connectivity index (χ0v) is 14.9. The van der Waals surface area contributed by atoms with Gasteiger partial charge in [0.2, 0.25) is 5.89 Å². The maximum atomic E-state index is 14.6. The molecule has 3 rings (SSSR count). The number of aryl methyl sites for hydroxylation is 1. The Morgan fingerprint density at radius 3 is 2.52 bits per heavy atom. The molecule has 0 atom stereocenters. The van der Waals surface area contributed by atoms with Gasteiger partial charge in [-0.3, -0.25) is 4.90 Å². The molecule has 134 valence electrons. The molecular formula is C19H23F2N3O. The first-order valence-corrected chi connectivity index (χ1v) is 8.74. The van der Waals surface area contributed by atoms with E-state index in [4.69, 9.17) is 4.42 Å². The summed E-state index contributed by atoms with van der Waals surface area (Å²) in [5.41, 5.74) is 1.17. The zero-order valence-electron chi connectivity index (χ0n) is 14.9. The minimum atomic E-state index is -0.546. The smallest absolute Gasteiger partial charge is 0.250 e. The Hall–Kier alpha value is -2.08. The second-order valence-electron chi connectivity index (χ2n) is 6.63. The molecule has 0 saturated heterocycles. The molecule has 0 amide bonds. The van der Waals surface area contributed by atoms with E-state index in [-0.39, 0.29) is 11.5 Å². The van der Waals surface area contributed by atoms with E-state index in [9.17, 15) is 8.78 Å². The summed E-state index contributed by atoms with van der Waals surface area (Å²) >= 11 is 0. The fourth-order valence-corrected chi connectivity index (χ4v) is 3.03. The van der Waals surface area contributed by atoms with Crippen LogP contribution in [0.15, 0.2) is 22.6 Å². The van der Waals surface area contributed by atoms with E-state index in [1.165, 1.54) is 6.07 Å². The predicted molar refractivity (Wildman–Crippen MR) is 92.9 cm³/mol. The number of rotatable bonds is 5. The molecule has 1 aromatic heterocycles. The van der Waals surface area contributed by atoms with E-state index < -0.39 is 11.6 Å². The van der Waals surface area contributed by atoms with Crippen LogP contribution in [0.5, 0.6) is 0 Å². The maximum absolute atomic E-state index is 14.6. The topological polar surface area (TPSA) is 42.2 Å². The molecule has 0 radical (unpaired) electrons. The number of hydrogen-bond acceptors (Lipinski definition) is 4. The summed E-state index contributed by atoms with van der Waals surface area (Å²) in [5.74, 6) is -0.550. The van der Waals surface area contributed by atoms with Crippen LogP contribution in [0.1, 0.15) is 45.1 Å². The summed E-state index contributed by atoms with van der Waals surface area (Å²) in [7, 11) is 0. The Kier molecular flexibility index (Phi) is 5.27. The highest BCUT2D eigenvalue weighted by Crippen LogP contribution is 2.31. The number of nitrogens with zero attached hydrogens (tertiary/aromatic N) is 3. The van der Waals surface area contributed by atoms with Crippen LogP contribution in [0, 0.1) is 11.6 Å². The lowest BCUT2D eigenvalue weighted by molar-refractivity contribution is 0.245. The SMILES string of the molecule is CCCc1nnc(-c2cc(F)c(C3=CCN(C(C)C)CC3)cc2F)o1. The van der Waals surface area contributed by atoms with Crippen LogP contribution in [0.2, 0.25) is 0 Å². The third kappa shape index (κ3) is 3.79. The van der Waals surface area contributed by atoms with Crippen LogP contribution >= 0.6 is 0 Å². The molecule has 0 bridgehead atoms. The van der Waals surface area contributed by atoms with E-state index in [1.807, 2.05) is 13.0 Å². The third-order valence-electron chi connectivity index (χ3n) is 4.53. The van der Waals surface area contributed by atoms with Gasteiger partial charge in [-0.1, -0.05) is 13.0 Å². The lowest BCUT2D eigenvalue weighted by atomic mass is 9.97. The molecule has 1 aliphatic rings. The molecule has 2 heterocycles. The van der Waals surface area contributed by atoms with Crippen LogP contribution in [0.4, 0.5) is 8.78 Å². The number of benzene rings is 1. The first-order valence-electron chi connectivity index (χ1n) is 8.74. The second-order valence-corrected chi connectivity index (χ2v) is 6.63. The highest BCUT2D eigenvalue weighted by atomic mass is 19.1. The number of halogens is 2. The van der Waals surface area contributed by atoms with Crippen LogP contribution < -0.4 is 0 Å². The Labute approximate surface area is 146 Å². The summed E-state index contributed by atoms with van der Waals surface area (Å²) in [6.45, 7) is 7.84. The van der Waals surface area contributed by atoms with Gasteiger partial charge < -0.3 is 4.42 Å². The molecule has 1 aliphatic heterocycles. The average Bonchev–Trinajstić information content (AvgIpc) is 3.05. The zero-order chi connectivity index (χ0) is 18.0. The fraction of sp³-hybridized carbons (Fsp3) is 0.474. The first kappa shape index (κ1) is 17.7. The summed E-state index contributed by atoms with van der Waals surface area (Å²) in [6.07, 6.45) is 4.15. The van der Waals surface area contributed by atoms with Crippen molar-refractivity contribution in [1.82, 2.24) is 15.1 Å². The molecule has 0 aliphatic carbocycles. The fourth-order valence-electron chi connectivity index (χ4n) is 3.03. The minimum Gasteiger partial charge on any atom is -0.421 e. The van der Waals surface area contributed by atoms with Gasteiger partial charge in [-0.25, -0.2) is 8.78 Å². The number of aromatic nitrogens is 2.